The molecule has 9 nitrogen and oxygen atoms in total. The zero-order valence-corrected chi connectivity index (χ0v) is 15.5. The van der Waals surface area contributed by atoms with Gasteiger partial charge in [0.15, 0.2) is 16.4 Å². The summed E-state index contributed by atoms with van der Waals surface area (Å²) in [7, 11) is -3.15. The van der Waals surface area contributed by atoms with Crippen LogP contribution < -0.4 is 0 Å². The number of nitro benzene ring substituents is 1. The second kappa shape index (κ2) is 8.00. The summed E-state index contributed by atoms with van der Waals surface area (Å²) in [5, 5.41) is 10.5. The average Bonchev–Trinajstić information content (AvgIpc) is 2.92. The molecule has 1 fully saturated rings. The van der Waals surface area contributed by atoms with Crippen LogP contribution in [0.3, 0.4) is 0 Å². The van der Waals surface area contributed by atoms with Crippen LogP contribution in [-0.4, -0.2) is 60.8 Å². The zero-order valence-electron chi connectivity index (χ0n) is 13.9. The van der Waals surface area contributed by atoms with Gasteiger partial charge in [-0.1, -0.05) is 11.6 Å². The number of carbonyl (C=O) groups excluding carboxylic acids is 2. The van der Waals surface area contributed by atoms with E-state index in [9.17, 15) is 28.1 Å². The summed E-state index contributed by atoms with van der Waals surface area (Å²) in [6, 6.07) is 2.83. The van der Waals surface area contributed by atoms with E-state index in [0.717, 1.165) is 18.2 Å². The Kier molecular flexibility index (Phi) is 6.19. The lowest BCUT2D eigenvalue weighted by atomic mass is 10.2. The summed E-state index contributed by atoms with van der Waals surface area (Å²) in [6.45, 7) is 1.42. The molecule has 0 spiro atoms. The van der Waals surface area contributed by atoms with E-state index in [0.29, 0.717) is 6.42 Å². The minimum atomic E-state index is -3.15. The Morgan fingerprint density at radius 1 is 1.42 bits per heavy atom. The van der Waals surface area contributed by atoms with Crippen LogP contribution in [0.5, 0.6) is 0 Å². The van der Waals surface area contributed by atoms with Crippen LogP contribution in [0.1, 0.15) is 23.7 Å². The molecule has 11 heteroatoms. The molecule has 1 unspecified atom stereocenters. The van der Waals surface area contributed by atoms with Crippen LogP contribution in [0.15, 0.2) is 18.2 Å². The number of benzene rings is 1. The monoisotopic (exact) mass is 404 g/mol. The minimum absolute atomic E-state index is 0.0274. The molecule has 26 heavy (non-hydrogen) atoms. The molecule has 1 aliphatic heterocycles. The molecule has 0 bridgehead atoms. The number of likely N-dealkylation sites (N-methyl/N-ethyl adjacent to an activating group) is 1. The fourth-order valence-electron chi connectivity index (χ4n) is 2.73. The van der Waals surface area contributed by atoms with Gasteiger partial charge in [-0.2, -0.15) is 0 Å². The number of non-ortho nitro benzene ring substituents is 1. The van der Waals surface area contributed by atoms with Crippen molar-refractivity contribution in [2.24, 2.45) is 0 Å². The number of nitro groups is 1. The maximum atomic E-state index is 12.3. The van der Waals surface area contributed by atoms with Crippen molar-refractivity contribution in [2.75, 3.05) is 24.7 Å². The first-order chi connectivity index (χ1) is 12.1. The molecule has 1 aromatic rings. The third-order valence-corrected chi connectivity index (χ3v) is 6.08. The topological polar surface area (TPSA) is 124 Å². The predicted octanol–water partition coefficient (Wildman–Crippen LogP) is 1.44. The molecule has 1 heterocycles. The summed E-state index contributed by atoms with van der Waals surface area (Å²) in [5.74, 6) is -1.48. The van der Waals surface area contributed by atoms with Gasteiger partial charge in [-0.15, -0.1) is 0 Å². The van der Waals surface area contributed by atoms with Crippen molar-refractivity contribution < 1.29 is 27.7 Å². The molecule has 142 valence electrons. The average molecular weight is 405 g/mol. The van der Waals surface area contributed by atoms with Gasteiger partial charge in [0.05, 0.1) is 27.0 Å². The van der Waals surface area contributed by atoms with E-state index in [1.54, 1.807) is 6.92 Å². The molecule has 1 aromatic carbocycles. The maximum Gasteiger partial charge on any atom is 0.340 e. The van der Waals surface area contributed by atoms with Crippen molar-refractivity contribution in [1.29, 1.82) is 0 Å². The standard InChI is InChI=1S/C15H17ClN2O7S/c1-2-17(11-5-6-26(23,24)9-11)14(19)8-25-15(20)12-4-3-10(18(21)22)7-13(12)16/h3-4,7,11H,2,5-6,8-9H2,1H3. The van der Waals surface area contributed by atoms with Crippen LogP contribution in [0.4, 0.5) is 5.69 Å². The summed E-state index contributed by atoms with van der Waals surface area (Å²) in [4.78, 5) is 35.7. The van der Waals surface area contributed by atoms with Gasteiger partial charge in [0.25, 0.3) is 11.6 Å². The first kappa shape index (κ1) is 20.1. The molecule has 2 rings (SSSR count). The number of sulfone groups is 1. The number of amides is 1. The van der Waals surface area contributed by atoms with Crippen molar-refractivity contribution in [3.63, 3.8) is 0 Å². The normalized spacial score (nSPS) is 18.3. The van der Waals surface area contributed by atoms with Crippen LogP contribution in [0, 0.1) is 10.1 Å². The number of esters is 1. The Morgan fingerprint density at radius 3 is 2.62 bits per heavy atom. The van der Waals surface area contributed by atoms with E-state index < -0.39 is 39.3 Å². The molecule has 0 saturated carbocycles. The van der Waals surface area contributed by atoms with Crippen LogP contribution in [0.2, 0.25) is 5.02 Å². The predicted molar refractivity (Wildman–Crippen MR) is 92.8 cm³/mol. The quantitative estimate of drug-likeness (QED) is 0.399. The first-order valence-electron chi connectivity index (χ1n) is 7.75. The van der Waals surface area contributed by atoms with Gasteiger partial charge in [0, 0.05) is 24.7 Å². The zero-order chi connectivity index (χ0) is 19.5. The molecular formula is C15H17ClN2O7S. The molecule has 0 aliphatic carbocycles. The lowest BCUT2D eigenvalue weighted by molar-refractivity contribution is -0.384. The van der Waals surface area contributed by atoms with Crippen LogP contribution >= 0.6 is 11.6 Å². The van der Waals surface area contributed by atoms with E-state index >= 15 is 0 Å². The maximum absolute atomic E-state index is 12.3. The Labute approximate surface area is 154 Å². The number of nitrogens with zero attached hydrogens (tertiary/aromatic N) is 2. The molecule has 0 N–H and O–H groups in total. The van der Waals surface area contributed by atoms with Gasteiger partial charge >= 0.3 is 5.97 Å². The molecule has 1 aliphatic rings. The SMILES string of the molecule is CCN(C(=O)COC(=O)c1ccc([N+](=O)[O-])cc1Cl)C1CCS(=O)(=O)C1. The van der Waals surface area contributed by atoms with E-state index in [1.165, 1.54) is 4.90 Å². The molecule has 1 atom stereocenters. The highest BCUT2D eigenvalue weighted by atomic mass is 35.5. The van der Waals surface area contributed by atoms with E-state index in [4.69, 9.17) is 16.3 Å². The van der Waals surface area contributed by atoms with Crippen molar-refractivity contribution in [3.05, 3.63) is 38.9 Å². The number of halogens is 1. The van der Waals surface area contributed by atoms with Gasteiger partial charge in [-0.25, -0.2) is 13.2 Å². The summed E-state index contributed by atoms with van der Waals surface area (Å²) < 4.78 is 28.1. The lowest BCUT2D eigenvalue weighted by Crippen LogP contribution is -2.43. The molecule has 1 amide bonds. The van der Waals surface area contributed by atoms with E-state index in [-0.39, 0.29) is 34.3 Å². The Morgan fingerprint density at radius 2 is 2.12 bits per heavy atom. The summed E-state index contributed by atoms with van der Waals surface area (Å²) in [5.41, 5.74) is -0.376. The Balaban J connectivity index is 2.00. The summed E-state index contributed by atoms with van der Waals surface area (Å²) in [6.07, 6.45) is 0.351. The second-order valence-corrected chi connectivity index (χ2v) is 8.37. The van der Waals surface area contributed by atoms with Crippen LogP contribution in [-0.2, 0) is 19.4 Å². The van der Waals surface area contributed by atoms with Crippen molar-refractivity contribution >= 4 is 39.0 Å². The van der Waals surface area contributed by atoms with Crippen molar-refractivity contribution in [1.82, 2.24) is 4.90 Å². The number of hydrogen-bond donors (Lipinski definition) is 0. The van der Waals surface area contributed by atoms with Gasteiger partial charge in [0.1, 0.15) is 0 Å². The van der Waals surface area contributed by atoms with Crippen molar-refractivity contribution in [3.8, 4) is 0 Å². The second-order valence-electron chi connectivity index (χ2n) is 5.73. The molecule has 0 radical (unpaired) electrons. The highest BCUT2D eigenvalue weighted by molar-refractivity contribution is 7.91. The van der Waals surface area contributed by atoms with Gasteiger partial charge < -0.3 is 9.64 Å². The summed E-state index contributed by atoms with van der Waals surface area (Å²) >= 11 is 5.84. The fraction of sp³-hybridized carbons (Fsp3) is 0.467. The fourth-order valence-corrected chi connectivity index (χ4v) is 4.71. The largest absolute Gasteiger partial charge is 0.452 e. The number of hydrogen-bond acceptors (Lipinski definition) is 7. The number of ether oxygens (including phenoxy) is 1. The minimum Gasteiger partial charge on any atom is -0.452 e. The first-order valence-corrected chi connectivity index (χ1v) is 9.95. The highest BCUT2D eigenvalue weighted by Gasteiger charge is 2.34. The Bertz CT molecular complexity index is 840. The number of rotatable bonds is 6. The van der Waals surface area contributed by atoms with E-state index in [2.05, 4.69) is 0 Å². The molecule has 1 saturated heterocycles. The Hall–Kier alpha value is -2.20. The van der Waals surface area contributed by atoms with Gasteiger partial charge in [-0.05, 0) is 19.4 Å². The van der Waals surface area contributed by atoms with Crippen LogP contribution in [0.25, 0.3) is 0 Å². The van der Waals surface area contributed by atoms with Gasteiger partial charge in [0.2, 0.25) is 0 Å². The molecular weight excluding hydrogens is 388 g/mol. The lowest BCUT2D eigenvalue weighted by Gasteiger charge is -2.26. The highest BCUT2D eigenvalue weighted by Crippen LogP contribution is 2.23. The van der Waals surface area contributed by atoms with Crippen molar-refractivity contribution in [2.45, 2.75) is 19.4 Å². The third kappa shape index (κ3) is 4.70. The number of carbonyl (C=O) groups is 2. The van der Waals surface area contributed by atoms with E-state index in [1.807, 2.05) is 0 Å². The van der Waals surface area contributed by atoms with Gasteiger partial charge in [-0.3, -0.25) is 14.9 Å². The third-order valence-electron chi connectivity index (χ3n) is 4.02. The molecule has 0 aromatic heterocycles. The smallest absolute Gasteiger partial charge is 0.340 e.